The number of rotatable bonds is 17. The van der Waals surface area contributed by atoms with E-state index in [1.165, 1.54) is 6.08 Å². The van der Waals surface area contributed by atoms with E-state index >= 15 is 0 Å². The molecule has 1 saturated heterocycles. The number of unbranched alkanes of at least 4 members (excludes halogenated alkanes) is 4. The first-order valence-electron chi connectivity index (χ1n) is 16.1. The second kappa shape index (κ2) is 15.4. The molecule has 0 aromatic heterocycles. The van der Waals surface area contributed by atoms with Crippen molar-refractivity contribution in [2.45, 2.75) is 129 Å². The molecule has 2 bridgehead atoms. The van der Waals surface area contributed by atoms with Crippen LogP contribution in [0.25, 0.3) is 0 Å². The summed E-state index contributed by atoms with van der Waals surface area (Å²) in [5.41, 5.74) is 7.13. The Balaban J connectivity index is 1.67. The number of carbonyl (C=O) groups is 2. The topological polar surface area (TPSA) is 170 Å². The van der Waals surface area contributed by atoms with Crippen molar-refractivity contribution in [3.63, 3.8) is 0 Å². The standard InChI is InChI=1S/C30H53BN6O6/c1-7-8-9-10-11-12-15-26(38)34-22(14-13-16-33-28(32)36-37(40)41)27(39)35-25(17-20(2)3)31-42-24-19-21-18-23(29(21,4)5)30(24,6)43-31/h12,15,20-25H,7-11,13-14,16-19H2,1-6H3,(H,34,38)(H,35,39)(H3,32,33,36)/b15-12+/t21-,22+,23-,24-,25+,30+/m1/s1. The normalized spacial score (nSPS) is 27.4. The van der Waals surface area contributed by atoms with Crippen LogP contribution in [-0.2, 0) is 18.9 Å². The fourth-order valence-electron chi connectivity index (χ4n) is 7.09. The van der Waals surface area contributed by atoms with Gasteiger partial charge < -0.3 is 25.7 Å². The van der Waals surface area contributed by atoms with Crippen LogP contribution in [0, 0.1) is 33.3 Å². The zero-order valence-electron chi connectivity index (χ0n) is 26.9. The van der Waals surface area contributed by atoms with Gasteiger partial charge in [0.1, 0.15) is 6.04 Å². The highest BCUT2D eigenvalue weighted by atomic mass is 16.7. The van der Waals surface area contributed by atoms with E-state index in [0.717, 1.165) is 44.9 Å². The lowest BCUT2D eigenvalue weighted by atomic mass is 9.43. The van der Waals surface area contributed by atoms with Crippen LogP contribution >= 0.6 is 0 Å². The molecule has 3 aliphatic carbocycles. The van der Waals surface area contributed by atoms with Gasteiger partial charge in [-0.05, 0) is 81.1 Å². The maximum Gasteiger partial charge on any atom is 0.481 e. The van der Waals surface area contributed by atoms with E-state index in [2.05, 4.69) is 57.2 Å². The molecule has 4 aliphatic rings. The number of hydrogen-bond donors (Lipinski definition) is 4. The number of amides is 2. The molecule has 0 aromatic carbocycles. The summed E-state index contributed by atoms with van der Waals surface area (Å²) in [7, 11) is -0.575. The molecule has 5 N–H and O–H groups in total. The average Bonchev–Trinajstić information content (AvgIpc) is 3.28. The van der Waals surface area contributed by atoms with Gasteiger partial charge in [-0.15, -0.1) is 0 Å². The number of guanidine groups is 1. The Hall–Kier alpha value is -2.67. The monoisotopic (exact) mass is 604 g/mol. The Morgan fingerprint density at radius 1 is 1.16 bits per heavy atom. The van der Waals surface area contributed by atoms with E-state index in [0.29, 0.717) is 24.7 Å². The molecule has 242 valence electrons. The van der Waals surface area contributed by atoms with Gasteiger partial charge in [-0.3, -0.25) is 9.59 Å². The van der Waals surface area contributed by atoms with E-state index in [-0.39, 0.29) is 54.1 Å². The first kappa shape index (κ1) is 34.8. The molecule has 12 nitrogen and oxygen atoms in total. The lowest BCUT2D eigenvalue weighted by Crippen LogP contribution is -2.65. The third kappa shape index (κ3) is 9.17. The number of nitrogens with one attached hydrogen (secondary N) is 3. The largest absolute Gasteiger partial charge is 0.481 e. The van der Waals surface area contributed by atoms with Crippen LogP contribution in [0.5, 0.6) is 0 Å². The number of allylic oxidation sites excluding steroid dienone is 1. The summed E-state index contributed by atoms with van der Waals surface area (Å²) in [5, 5.41) is 15.8. The van der Waals surface area contributed by atoms with Gasteiger partial charge in [-0.2, -0.15) is 0 Å². The number of aliphatic imine (C=N–C) groups is 1. The molecule has 2 amide bonds. The number of hydrazine groups is 1. The Morgan fingerprint density at radius 3 is 2.56 bits per heavy atom. The molecular weight excluding hydrogens is 551 g/mol. The number of hydrogen-bond acceptors (Lipinski definition) is 7. The first-order valence-corrected chi connectivity index (χ1v) is 16.1. The lowest BCUT2D eigenvalue weighted by Gasteiger charge is -2.64. The minimum atomic E-state index is -0.835. The molecule has 4 fully saturated rings. The van der Waals surface area contributed by atoms with Crippen molar-refractivity contribution in [3.05, 3.63) is 22.3 Å². The first-order chi connectivity index (χ1) is 20.3. The Labute approximate surface area is 257 Å². The highest BCUT2D eigenvalue weighted by molar-refractivity contribution is 6.48. The summed E-state index contributed by atoms with van der Waals surface area (Å²) in [4.78, 5) is 41.0. The molecular formula is C30H53BN6O6. The molecule has 43 heavy (non-hydrogen) atoms. The summed E-state index contributed by atoms with van der Waals surface area (Å²) in [6, 6.07) is -0.835. The van der Waals surface area contributed by atoms with Gasteiger partial charge in [0.15, 0.2) is 5.03 Å². The maximum atomic E-state index is 13.7. The summed E-state index contributed by atoms with van der Waals surface area (Å²) >= 11 is 0. The third-order valence-corrected chi connectivity index (χ3v) is 9.62. The Bertz CT molecular complexity index is 1040. The number of nitrogens with two attached hydrogens (primary N) is 1. The SMILES string of the molecule is CCCCCC/C=C/C(=O)N[C@@H](CCCN=C(N)N[N+](=O)[O-])C(=O)N[C@@H](CC(C)C)B1O[C@@H]2C[C@H]3C[C@H](C3(C)C)[C@]2(C)O1. The highest BCUT2D eigenvalue weighted by Gasteiger charge is 2.68. The molecule has 0 unspecified atom stereocenters. The molecule has 1 heterocycles. The van der Waals surface area contributed by atoms with Crippen molar-refractivity contribution >= 4 is 24.9 Å². The fraction of sp³-hybridized carbons (Fsp3) is 0.833. The smallest absolute Gasteiger partial charge is 0.404 e. The molecule has 0 spiro atoms. The molecule has 0 aromatic rings. The van der Waals surface area contributed by atoms with Gasteiger partial charge in [-0.1, -0.05) is 65.4 Å². The molecule has 1 aliphatic heterocycles. The highest BCUT2D eigenvalue weighted by Crippen LogP contribution is 2.65. The fourth-order valence-corrected chi connectivity index (χ4v) is 7.09. The Kier molecular flexibility index (Phi) is 12.4. The van der Waals surface area contributed by atoms with E-state index in [4.69, 9.17) is 15.0 Å². The molecule has 13 heteroatoms. The van der Waals surface area contributed by atoms with Gasteiger partial charge in [0.05, 0.1) is 17.6 Å². The van der Waals surface area contributed by atoms with Crippen LogP contribution in [0.2, 0.25) is 0 Å². The van der Waals surface area contributed by atoms with Crippen LogP contribution < -0.4 is 21.8 Å². The van der Waals surface area contributed by atoms with Crippen molar-refractivity contribution in [2.24, 2.45) is 33.9 Å². The zero-order chi connectivity index (χ0) is 31.8. The summed E-state index contributed by atoms with van der Waals surface area (Å²) in [6.07, 6.45) is 12.0. The lowest BCUT2D eigenvalue weighted by molar-refractivity contribution is -0.525. The van der Waals surface area contributed by atoms with Gasteiger partial charge in [0.2, 0.25) is 11.8 Å². The maximum absolute atomic E-state index is 13.7. The zero-order valence-corrected chi connectivity index (χ0v) is 26.9. The second-order valence-electron chi connectivity index (χ2n) is 13.7. The predicted molar refractivity (Wildman–Crippen MR) is 167 cm³/mol. The summed E-state index contributed by atoms with van der Waals surface area (Å²) < 4.78 is 13.2. The number of nitro groups is 1. The predicted octanol–water partition coefficient (Wildman–Crippen LogP) is 3.67. The number of carbonyl (C=O) groups excluding carboxylic acids is 2. The van der Waals surface area contributed by atoms with Gasteiger partial charge in [-0.25, -0.2) is 15.1 Å². The van der Waals surface area contributed by atoms with Crippen molar-refractivity contribution in [3.8, 4) is 0 Å². The third-order valence-electron chi connectivity index (χ3n) is 9.62. The van der Waals surface area contributed by atoms with E-state index in [9.17, 15) is 19.7 Å². The van der Waals surface area contributed by atoms with Crippen molar-refractivity contribution < 1.29 is 23.9 Å². The molecule has 3 saturated carbocycles. The van der Waals surface area contributed by atoms with Crippen molar-refractivity contribution in [1.82, 2.24) is 16.1 Å². The average molecular weight is 605 g/mol. The second-order valence-corrected chi connectivity index (χ2v) is 13.7. The van der Waals surface area contributed by atoms with Crippen molar-refractivity contribution in [1.29, 1.82) is 0 Å². The number of nitrogens with zero attached hydrogens (tertiary/aromatic N) is 2. The van der Waals surface area contributed by atoms with Crippen LogP contribution in [0.1, 0.15) is 106 Å². The minimum absolute atomic E-state index is 0.00472. The van der Waals surface area contributed by atoms with E-state index in [1.54, 1.807) is 5.43 Å². The van der Waals surface area contributed by atoms with E-state index < -0.39 is 23.8 Å². The summed E-state index contributed by atoms with van der Waals surface area (Å²) in [6.45, 7) is 13.3. The minimum Gasteiger partial charge on any atom is -0.404 e. The van der Waals surface area contributed by atoms with Gasteiger partial charge >= 0.3 is 7.12 Å². The quantitative estimate of drug-likeness (QED) is 0.0371. The summed E-state index contributed by atoms with van der Waals surface area (Å²) in [5.74, 6) is -0.0784. The van der Waals surface area contributed by atoms with Crippen LogP contribution in [0.15, 0.2) is 17.1 Å². The molecule has 4 rings (SSSR count). The van der Waals surface area contributed by atoms with Gasteiger partial charge in [0, 0.05) is 6.54 Å². The van der Waals surface area contributed by atoms with Crippen molar-refractivity contribution in [2.75, 3.05) is 6.54 Å². The Morgan fingerprint density at radius 2 is 1.91 bits per heavy atom. The van der Waals surface area contributed by atoms with E-state index in [1.807, 2.05) is 6.08 Å². The molecule has 6 atom stereocenters. The van der Waals surface area contributed by atoms with Gasteiger partial charge in [0.25, 0.3) is 5.96 Å². The van der Waals surface area contributed by atoms with Crippen LogP contribution in [0.4, 0.5) is 0 Å². The van der Waals surface area contributed by atoms with Crippen LogP contribution in [-0.4, -0.2) is 60.2 Å². The van der Waals surface area contributed by atoms with Crippen LogP contribution in [0.3, 0.4) is 0 Å². The molecule has 0 radical (unpaired) electrons.